The zero-order chi connectivity index (χ0) is 36.9. The average Bonchev–Trinajstić information content (AvgIpc) is 3.93. The molecule has 0 unspecified atom stereocenters. The first-order valence-electron chi connectivity index (χ1n) is 19.8. The fourth-order valence-corrected chi connectivity index (χ4v) is 8.61. The fourth-order valence-electron chi connectivity index (χ4n) is 8.61. The second-order valence-corrected chi connectivity index (χ2v) is 16.2. The molecule has 6 rings (SSSR count). The number of carbonyl (C=O) groups excluding carboxylic acids is 4. The molecule has 0 bridgehead atoms. The van der Waals surface area contributed by atoms with Gasteiger partial charge in [0.25, 0.3) is 0 Å². The van der Waals surface area contributed by atoms with Crippen LogP contribution < -0.4 is 16.0 Å². The topological polar surface area (TPSA) is 148 Å². The van der Waals surface area contributed by atoms with E-state index in [-0.39, 0.29) is 78.8 Å². The summed E-state index contributed by atoms with van der Waals surface area (Å²) >= 11 is 0. The number of nitrogens with one attached hydrogen (secondary N) is 3. The summed E-state index contributed by atoms with van der Waals surface area (Å²) in [6.07, 6.45) is 18.1. The Labute approximate surface area is 316 Å². The summed E-state index contributed by atoms with van der Waals surface area (Å²) in [4.78, 5) is 49.5. The molecule has 3 N–H and O–H groups in total. The van der Waals surface area contributed by atoms with Crippen LogP contribution in [0.1, 0.15) is 124 Å². The van der Waals surface area contributed by atoms with Crippen LogP contribution in [0.15, 0.2) is 47.6 Å². The number of hydrogen-bond donors (Lipinski definition) is 3. The van der Waals surface area contributed by atoms with Crippen LogP contribution in [-0.4, -0.2) is 79.1 Å². The van der Waals surface area contributed by atoms with E-state index in [9.17, 15) is 19.2 Å². The molecule has 11 heteroatoms. The molecule has 3 amide bonds. The van der Waals surface area contributed by atoms with Gasteiger partial charge in [-0.25, -0.2) is 14.4 Å². The third-order valence-electron chi connectivity index (χ3n) is 12.2. The molecule has 0 aromatic heterocycles. The predicted octanol–water partition coefficient (Wildman–Crippen LogP) is 6.67. The van der Waals surface area contributed by atoms with E-state index in [1.165, 1.54) is 5.57 Å². The lowest BCUT2D eigenvalue weighted by Gasteiger charge is -2.20. The van der Waals surface area contributed by atoms with E-state index in [1.54, 1.807) is 0 Å². The van der Waals surface area contributed by atoms with Crippen LogP contribution in [0, 0.1) is 11.8 Å². The molecule has 0 aromatic carbocycles. The number of allylic oxidation sites excluding steroid dienone is 2. The molecule has 0 saturated carbocycles. The van der Waals surface area contributed by atoms with Crippen LogP contribution in [-0.2, 0) is 33.3 Å². The fraction of sp³-hybridized carbons (Fsp3) is 0.714. The number of rotatable bonds is 14. The van der Waals surface area contributed by atoms with Gasteiger partial charge in [0.2, 0.25) is 5.91 Å². The van der Waals surface area contributed by atoms with E-state index < -0.39 is 0 Å². The van der Waals surface area contributed by atoms with E-state index in [0.717, 1.165) is 102 Å². The Morgan fingerprint density at radius 1 is 0.717 bits per heavy atom. The Bertz CT molecular complexity index is 1360. The summed E-state index contributed by atoms with van der Waals surface area (Å²) in [6, 6.07) is -0.160. The third-order valence-corrected chi connectivity index (χ3v) is 12.2. The van der Waals surface area contributed by atoms with Crippen molar-refractivity contribution in [2.45, 2.75) is 160 Å². The minimum absolute atomic E-state index is 0. The standard InChI is InChI=1S/C41H59N3O8.CH4/c1-26-30-19-17-28(14-12-21-40(3)35(51-40)33(30)49-37(26)46)24-43-32(45)16-10-8-6-5-7-9-11-23-42-39(48)44-25-29-15-13-22-41(4)36(52-41)34-31(20-18-29)27(2)38(47)50-34;/h14-15,30-31,33-36H,1-2,5-13,16-25H2,3-4H3,(H,43,45)(H2,42,44,48);1H4/b28-14+,29-15+;/t30-,31-,33-,34-,35-,36-,40+,41+;/m0./s1. The summed E-state index contributed by atoms with van der Waals surface area (Å²) in [5.74, 6) is -0.623. The van der Waals surface area contributed by atoms with Crippen molar-refractivity contribution in [2.24, 2.45) is 11.8 Å². The van der Waals surface area contributed by atoms with Gasteiger partial charge in [-0.15, -0.1) is 0 Å². The molecule has 294 valence electrons. The maximum absolute atomic E-state index is 12.6. The van der Waals surface area contributed by atoms with Gasteiger partial charge in [0.1, 0.15) is 24.4 Å². The number of fused-ring (bicyclic) bond motifs is 6. The van der Waals surface area contributed by atoms with E-state index >= 15 is 0 Å². The lowest BCUT2D eigenvalue weighted by atomic mass is 9.84. The smallest absolute Gasteiger partial charge is 0.334 e. The van der Waals surface area contributed by atoms with Gasteiger partial charge in [0.15, 0.2) is 0 Å². The van der Waals surface area contributed by atoms with Gasteiger partial charge < -0.3 is 34.9 Å². The van der Waals surface area contributed by atoms with Crippen molar-refractivity contribution in [1.82, 2.24) is 16.0 Å². The first-order valence-corrected chi connectivity index (χ1v) is 19.8. The quantitative estimate of drug-likeness (QED) is 0.0589. The van der Waals surface area contributed by atoms with Crippen LogP contribution in [0.5, 0.6) is 0 Å². The second-order valence-electron chi connectivity index (χ2n) is 16.2. The highest BCUT2D eigenvalue weighted by Gasteiger charge is 2.62. The van der Waals surface area contributed by atoms with Crippen LogP contribution >= 0.6 is 0 Å². The van der Waals surface area contributed by atoms with Crippen molar-refractivity contribution in [3.63, 3.8) is 0 Å². The Morgan fingerprint density at radius 3 is 1.72 bits per heavy atom. The maximum atomic E-state index is 12.6. The van der Waals surface area contributed by atoms with E-state index in [0.29, 0.717) is 37.2 Å². The number of unbranched alkanes of at least 4 members (excludes halogenated alkanes) is 6. The van der Waals surface area contributed by atoms with Gasteiger partial charge in [-0.05, 0) is 78.1 Å². The molecule has 6 aliphatic rings. The highest BCUT2D eigenvalue weighted by Crippen LogP contribution is 2.51. The molecule has 4 fully saturated rings. The lowest BCUT2D eigenvalue weighted by Crippen LogP contribution is -2.37. The number of ether oxygens (including phenoxy) is 4. The molecule has 4 saturated heterocycles. The summed E-state index contributed by atoms with van der Waals surface area (Å²) in [5, 5.41) is 9.09. The molecule has 4 heterocycles. The van der Waals surface area contributed by atoms with E-state index in [2.05, 4.69) is 55.1 Å². The zero-order valence-electron chi connectivity index (χ0n) is 31.2. The lowest BCUT2D eigenvalue weighted by molar-refractivity contribution is -0.140. The Balaban J connectivity index is 0.00000541. The molecule has 2 aliphatic carbocycles. The van der Waals surface area contributed by atoms with Gasteiger partial charge >= 0.3 is 18.0 Å². The number of esters is 2. The Morgan fingerprint density at radius 2 is 1.19 bits per heavy atom. The first kappa shape index (κ1) is 40.7. The maximum Gasteiger partial charge on any atom is 0.334 e. The monoisotopic (exact) mass is 737 g/mol. The van der Waals surface area contributed by atoms with Crippen molar-refractivity contribution >= 4 is 23.9 Å². The average molecular weight is 738 g/mol. The number of amides is 3. The molecule has 11 nitrogen and oxygen atoms in total. The van der Waals surface area contributed by atoms with Gasteiger partial charge in [0, 0.05) is 49.0 Å². The molecule has 8 atom stereocenters. The molecule has 0 radical (unpaired) electrons. The Hall–Kier alpha value is -3.44. The van der Waals surface area contributed by atoms with E-state index in [4.69, 9.17) is 18.9 Å². The van der Waals surface area contributed by atoms with Gasteiger partial charge in [-0.2, -0.15) is 0 Å². The van der Waals surface area contributed by atoms with Crippen LogP contribution in [0.2, 0.25) is 0 Å². The second kappa shape index (κ2) is 17.8. The van der Waals surface area contributed by atoms with Crippen molar-refractivity contribution in [2.75, 3.05) is 19.6 Å². The SMILES string of the molecule is C.C=C1C(=O)O[C@H]2[C@H]1CC/C(CNC(=O)CCCCCCCCCNC(=O)NC/C1=C/CC[C@@]3(C)O[C@H]3[C@H]3OC(=O)C(=C)[C@@H]3CC1)=C\CC[C@@]1(C)O[C@@H]21. The third kappa shape index (κ3) is 10.2. The molecular formula is C42H63N3O8. The number of epoxide rings is 2. The summed E-state index contributed by atoms with van der Waals surface area (Å²) in [6.45, 7) is 13.8. The molecule has 53 heavy (non-hydrogen) atoms. The molecule has 4 aliphatic heterocycles. The van der Waals surface area contributed by atoms with Gasteiger partial charge in [-0.3, -0.25) is 4.79 Å². The summed E-state index contributed by atoms with van der Waals surface area (Å²) in [7, 11) is 0. The molecule has 0 aromatic rings. The largest absolute Gasteiger partial charge is 0.455 e. The zero-order valence-corrected chi connectivity index (χ0v) is 31.2. The summed E-state index contributed by atoms with van der Waals surface area (Å²) in [5.41, 5.74) is 2.90. The normalized spacial score (nSPS) is 35.2. The molecule has 0 spiro atoms. The van der Waals surface area contributed by atoms with Crippen molar-refractivity contribution in [3.05, 3.63) is 47.6 Å². The summed E-state index contributed by atoms with van der Waals surface area (Å²) < 4.78 is 23.2. The predicted molar refractivity (Wildman–Crippen MR) is 203 cm³/mol. The minimum Gasteiger partial charge on any atom is -0.455 e. The minimum atomic E-state index is -0.314. The van der Waals surface area contributed by atoms with Crippen molar-refractivity contribution < 1.29 is 38.1 Å². The molecular weight excluding hydrogens is 674 g/mol. The van der Waals surface area contributed by atoms with Crippen LogP contribution in [0.4, 0.5) is 4.79 Å². The van der Waals surface area contributed by atoms with Crippen LogP contribution in [0.3, 0.4) is 0 Å². The Kier molecular flexibility index (Phi) is 13.7. The van der Waals surface area contributed by atoms with Gasteiger partial charge in [-0.1, -0.05) is 76.0 Å². The first-order chi connectivity index (χ1) is 25.0. The van der Waals surface area contributed by atoms with E-state index in [1.807, 2.05) is 0 Å². The number of hydrogen-bond acceptors (Lipinski definition) is 8. The number of urea groups is 1. The number of carbonyl (C=O) groups is 4. The van der Waals surface area contributed by atoms with Gasteiger partial charge in [0.05, 0.1) is 11.2 Å². The highest BCUT2D eigenvalue weighted by atomic mass is 16.7. The highest BCUT2D eigenvalue weighted by molar-refractivity contribution is 5.91. The van der Waals surface area contributed by atoms with Crippen LogP contribution in [0.25, 0.3) is 0 Å². The van der Waals surface area contributed by atoms with Crippen molar-refractivity contribution in [1.29, 1.82) is 0 Å². The van der Waals surface area contributed by atoms with Crippen molar-refractivity contribution in [3.8, 4) is 0 Å².